The van der Waals surface area contributed by atoms with E-state index in [1.54, 1.807) is 4.90 Å². The second-order valence-corrected chi connectivity index (χ2v) is 6.42. The Kier molecular flexibility index (Phi) is 5.88. The molecule has 2 fully saturated rings. The van der Waals surface area contributed by atoms with Crippen LogP contribution in [0.4, 0.5) is 0 Å². The quantitative estimate of drug-likeness (QED) is 0.786. The molecule has 0 spiro atoms. The molecule has 1 N–H and O–H groups in total. The van der Waals surface area contributed by atoms with Crippen molar-refractivity contribution in [3.63, 3.8) is 0 Å². The minimum absolute atomic E-state index is 0.0788. The Hall–Kier alpha value is -2.12. The Morgan fingerprint density at radius 3 is 2.76 bits per heavy atom. The summed E-state index contributed by atoms with van der Waals surface area (Å²) in [5, 5.41) is 9.09. The Labute approximate surface area is 147 Å². The van der Waals surface area contributed by atoms with Gasteiger partial charge in [0.25, 0.3) is 0 Å². The van der Waals surface area contributed by atoms with Crippen LogP contribution in [0.3, 0.4) is 0 Å². The molecule has 1 unspecified atom stereocenters. The number of carbonyl (C=O) groups is 2. The zero-order valence-electron chi connectivity index (χ0n) is 14.2. The summed E-state index contributed by atoms with van der Waals surface area (Å²) in [6.45, 7) is 5.42. The van der Waals surface area contributed by atoms with E-state index in [2.05, 4.69) is 4.90 Å². The number of aliphatic carboxylic acids is 1. The van der Waals surface area contributed by atoms with Crippen molar-refractivity contribution in [3.8, 4) is 5.75 Å². The first-order chi connectivity index (χ1) is 12.1. The number of hydrogen-bond acceptors (Lipinski definition) is 5. The van der Waals surface area contributed by atoms with Crippen molar-refractivity contribution < 1.29 is 24.2 Å². The van der Waals surface area contributed by atoms with Crippen LogP contribution in [-0.4, -0.2) is 72.8 Å². The highest BCUT2D eigenvalue weighted by Gasteiger charge is 2.34. The summed E-state index contributed by atoms with van der Waals surface area (Å²) in [5.74, 6) is -0.884. The fourth-order valence-electron chi connectivity index (χ4n) is 3.18. The third-order valence-corrected chi connectivity index (χ3v) is 4.67. The number of rotatable bonds is 7. The summed E-state index contributed by atoms with van der Waals surface area (Å²) in [4.78, 5) is 27.0. The van der Waals surface area contributed by atoms with E-state index in [0.29, 0.717) is 13.2 Å². The lowest BCUT2D eigenvalue weighted by molar-refractivity contribution is -0.141. The third-order valence-electron chi connectivity index (χ3n) is 4.67. The summed E-state index contributed by atoms with van der Waals surface area (Å²) in [6, 6.07) is 7.62. The molecule has 0 aliphatic carbocycles. The van der Waals surface area contributed by atoms with Gasteiger partial charge in [0.15, 0.2) is 0 Å². The van der Waals surface area contributed by atoms with Crippen LogP contribution < -0.4 is 4.74 Å². The van der Waals surface area contributed by atoms with Gasteiger partial charge in [0.2, 0.25) is 5.91 Å². The predicted octanol–water partition coefficient (Wildman–Crippen LogP) is 0.831. The van der Waals surface area contributed by atoms with E-state index in [0.717, 1.165) is 44.2 Å². The molecule has 0 bridgehead atoms. The maximum Gasteiger partial charge on any atom is 0.308 e. The van der Waals surface area contributed by atoms with Crippen LogP contribution in [0.15, 0.2) is 24.3 Å². The SMILES string of the molecule is O=C(O)C1CC(=O)N(Cc2ccccc2OCCN2CCOCC2)C1. The lowest BCUT2D eigenvalue weighted by Crippen LogP contribution is -2.38. The molecule has 0 saturated carbocycles. The second-order valence-electron chi connectivity index (χ2n) is 6.42. The number of hydrogen-bond donors (Lipinski definition) is 1. The van der Waals surface area contributed by atoms with Gasteiger partial charge < -0.3 is 19.5 Å². The summed E-state index contributed by atoms with van der Waals surface area (Å²) in [7, 11) is 0. The van der Waals surface area contributed by atoms with E-state index in [1.165, 1.54) is 0 Å². The molecule has 0 aromatic heterocycles. The van der Waals surface area contributed by atoms with Crippen LogP contribution in [0.5, 0.6) is 5.75 Å². The van der Waals surface area contributed by atoms with E-state index >= 15 is 0 Å². The van der Waals surface area contributed by atoms with Crippen molar-refractivity contribution >= 4 is 11.9 Å². The van der Waals surface area contributed by atoms with Crippen LogP contribution in [0.25, 0.3) is 0 Å². The monoisotopic (exact) mass is 348 g/mol. The lowest BCUT2D eigenvalue weighted by atomic mass is 10.1. The maximum absolute atomic E-state index is 12.0. The van der Waals surface area contributed by atoms with Crippen LogP contribution in [0.2, 0.25) is 0 Å². The molecule has 136 valence electrons. The number of para-hydroxylation sites is 1. The number of carboxylic acid groups (broad SMARTS) is 1. The van der Waals surface area contributed by atoms with E-state index in [1.807, 2.05) is 24.3 Å². The number of ether oxygens (including phenoxy) is 2. The number of benzene rings is 1. The molecule has 25 heavy (non-hydrogen) atoms. The number of carbonyl (C=O) groups excluding carboxylic acids is 1. The van der Waals surface area contributed by atoms with Crippen molar-refractivity contribution in [2.75, 3.05) is 46.0 Å². The summed E-state index contributed by atoms with van der Waals surface area (Å²) < 4.78 is 11.3. The summed E-state index contributed by atoms with van der Waals surface area (Å²) in [6.07, 6.45) is 0.0788. The Bertz CT molecular complexity index is 615. The van der Waals surface area contributed by atoms with Gasteiger partial charge in [0.05, 0.1) is 19.1 Å². The fourth-order valence-corrected chi connectivity index (χ4v) is 3.18. The van der Waals surface area contributed by atoms with Gasteiger partial charge >= 0.3 is 5.97 Å². The number of carboxylic acids is 1. The Morgan fingerprint density at radius 2 is 2.04 bits per heavy atom. The normalized spacial score (nSPS) is 21.5. The highest BCUT2D eigenvalue weighted by molar-refractivity contribution is 5.86. The van der Waals surface area contributed by atoms with Gasteiger partial charge in [-0.05, 0) is 6.07 Å². The topological polar surface area (TPSA) is 79.3 Å². The highest BCUT2D eigenvalue weighted by Crippen LogP contribution is 2.25. The van der Waals surface area contributed by atoms with Crippen molar-refractivity contribution in [3.05, 3.63) is 29.8 Å². The number of likely N-dealkylation sites (tertiary alicyclic amines) is 1. The highest BCUT2D eigenvalue weighted by atomic mass is 16.5. The molecule has 3 rings (SSSR count). The number of nitrogens with zero attached hydrogens (tertiary/aromatic N) is 2. The van der Waals surface area contributed by atoms with Gasteiger partial charge in [-0.1, -0.05) is 18.2 Å². The average Bonchev–Trinajstić information content (AvgIpc) is 2.98. The van der Waals surface area contributed by atoms with Gasteiger partial charge in [-0.25, -0.2) is 0 Å². The third kappa shape index (κ3) is 4.70. The molecule has 1 aromatic carbocycles. The first kappa shape index (κ1) is 17.7. The largest absolute Gasteiger partial charge is 0.492 e. The smallest absolute Gasteiger partial charge is 0.308 e. The molecular weight excluding hydrogens is 324 g/mol. The van der Waals surface area contributed by atoms with E-state index in [4.69, 9.17) is 14.6 Å². The van der Waals surface area contributed by atoms with E-state index in [9.17, 15) is 9.59 Å². The van der Waals surface area contributed by atoms with Crippen molar-refractivity contribution in [2.24, 2.45) is 5.92 Å². The Morgan fingerprint density at radius 1 is 1.28 bits per heavy atom. The predicted molar refractivity (Wildman–Crippen MR) is 90.4 cm³/mol. The Balaban J connectivity index is 1.55. The van der Waals surface area contributed by atoms with E-state index < -0.39 is 11.9 Å². The molecule has 2 aliphatic heterocycles. The minimum atomic E-state index is -0.911. The summed E-state index contributed by atoms with van der Waals surface area (Å²) in [5.41, 5.74) is 0.906. The molecular formula is C18H24N2O5. The van der Waals surface area contributed by atoms with Crippen molar-refractivity contribution in [2.45, 2.75) is 13.0 Å². The molecule has 2 aliphatic rings. The number of amides is 1. The molecule has 7 heteroatoms. The average molecular weight is 348 g/mol. The zero-order chi connectivity index (χ0) is 17.6. The molecule has 0 radical (unpaired) electrons. The fraction of sp³-hybridized carbons (Fsp3) is 0.556. The molecule has 1 atom stereocenters. The first-order valence-electron chi connectivity index (χ1n) is 8.65. The summed E-state index contributed by atoms with van der Waals surface area (Å²) >= 11 is 0. The molecule has 1 aromatic rings. The minimum Gasteiger partial charge on any atom is -0.492 e. The van der Waals surface area contributed by atoms with Gasteiger partial charge in [-0.2, -0.15) is 0 Å². The van der Waals surface area contributed by atoms with E-state index in [-0.39, 0.29) is 18.9 Å². The number of morpholine rings is 1. The van der Waals surface area contributed by atoms with Crippen LogP contribution in [-0.2, 0) is 20.9 Å². The van der Waals surface area contributed by atoms with Gasteiger partial charge in [-0.15, -0.1) is 0 Å². The maximum atomic E-state index is 12.0. The van der Waals surface area contributed by atoms with Crippen molar-refractivity contribution in [1.29, 1.82) is 0 Å². The molecule has 7 nitrogen and oxygen atoms in total. The van der Waals surface area contributed by atoms with Crippen LogP contribution in [0, 0.1) is 5.92 Å². The standard InChI is InChI=1S/C18H24N2O5/c21-17-11-15(18(22)23)13-20(17)12-14-3-1-2-4-16(14)25-10-7-19-5-8-24-9-6-19/h1-4,15H,5-13H2,(H,22,23). The van der Waals surface area contributed by atoms with Gasteiger partial charge in [0.1, 0.15) is 12.4 Å². The molecule has 2 saturated heterocycles. The zero-order valence-corrected chi connectivity index (χ0v) is 14.2. The van der Waals surface area contributed by atoms with Gasteiger partial charge in [-0.3, -0.25) is 14.5 Å². The van der Waals surface area contributed by atoms with Crippen molar-refractivity contribution in [1.82, 2.24) is 9.80 Å². The first-order valence-corrected chi connectivity index (χ1v) is 8.65. The van der Waals surface area contributed by atoms with Gasteiger partial charge in [0, 0.05) is 44.7 Å². The molecule has 1 amide bonds. The molecule has 2 heterocycles. The van der Waals surface area contributed by atoms with Crippen LogP contribution in [0.1, 0.15) is 12.0 Å². The van der Waals surface area contributed by atoms with Crippen LogP contribution >= 0.6 is 0 Å². The lowest BCUT2D eigenvalue weighted by Gasteiger charge is -2.26. The second kappa shape index (κ2) is 8.31.